The lowest BCUT2D eigenvalue weighted by Crippen LogP contribution is -2.17. The second-order valence-electron chi connectivity index (χ2n) is 3.85. The number of ether oxygens (including phenoxy) is 2. The third kappa shape index (κ3) is 3.92. The second-order valence-corrected chi connectivity index (χ2v) is 4.29. The highest BCUT2D eigenvalue weighted by molar-refractivity contribution is 6.30. The van der Waals surface area contributed by atoms with Crippen molar-refractivity contribution in [1.29, 1.82) is 0 Å². The van der Waals surface area contributed by atoms with Gasteiger partial charge in [0.05, 0.1) is 12.6 Å². The fourth-order valence-corrected chi connectivity index (χ4v) is 1.53. The zero-order valence-electron chi connectivity index (χ0n) is 10.4. The van der Waals surface area contributed by atoms with Crippen molar-refractivity contribution in [2.45, 2.75) is 12.6 Å². The van der Waals surface area contributed by atoms with Gasteiger partial charge in [0, 0.05) is 12.1 Å². The lowest BCUT2D eigenvalue weighted by molar-refractivity contribution is 0.176. The summed E-state index contributed by atoms with van der Waals surface area (Å²) in [6.45, 7) is 0.505. The number of nitrogens with zero attached hydrogens (tertiary/aromatic N) is 2. The minimum absolute atomic E-state index is 0.175. The molecule has 1 atom stereocenters. The fourth-order valence-electron chi connectivity index (χ4n) is 1.41. The molecule has 0 amide bonds. The number of hydrogen-bond acceptors (Lipinski definition) is 6. The monoisotopic (exact) mass is 283 g/mol. The zero-order chi connectivity index (χ0) is 13.7. The van der Waals surface area contributed by atoms with Crippen molar-refractivity contribution in [2.75, 3.05) is 13.7 Å². The third-order valence-electron chi connectivity index (χ3n) is 2.34. The molecule has 6 nitrogen and oxygen atoms in total. The number of nitrogens with two attached hydrogens (primary N) is 1. The normalized spacial score (nSPS) is 12.4. The second kappa shape index (κ2) is 6.51. The van der Waals surface area contributed by atoms with E-state index < -0.39 is 6.04 Å². The molecule has 1 heterocycles. The van der Waals surface area contributed by atoms with Gasteiger partial charge in [-0.2, -0.15) is 4.98 Å². The van der Waals surface area contributed by atoms with Gasteiger partial charge in [-0.15, -0.1) is 0 Å². The number of benzene rings is 1. The van der Waals surface area contributed by atoms with Gasteiger partial charge in [0.1, 0.15) is 5.75 Å². The van der Waals surface area contributed by atoms with Crippen LogP contribution in [0.1, 0.15) is 17.8 Å². The molecule has 0 spiro atoms. The standard InChI is InChI=1S/C12H14ClN3O3/c1-17-6-10(14)12-15-11(19-16-12)7-18-9-4-2-8(13)3-5-9/h2-5,10H,6-7,14H2,1H3. The summed E-state index contributed by atoms with van der Waals surface area (Å²) in [7, 11) is 1.56. The number of aromatic nitrogens is 2. The van der Waals surface area contributed by atoms with Crippen LogP contribution < -0.4 is 10.5 Å². The average Bonchev–Trinajstić information content (AvgIpc) is 2.87. The van der Waals surface area contributed by atoms with Crippen molar-refractivity contribution in [1.82, 2.24) is 10.1 Å². The van der Waals surface area contributed by atoms with Crippen LogP contribution in [0.5, 0.6) is 5.75 Å². The number of halogens is 1. The largest absolute Gasteiger partial charge is 0.484 e. The van der Waals surface area contributed by atoms with Crippen molar-refractivity contribution < 1.29 is 14.0 Å². The van der Waals surface area contributed by atoms with Crippen LogP contribution in [0.4, 0.5) is 0 Å². The van der Waals surface area contributed by atoms with Crippen LogP contribution >= 0.6 is 11.6 Å². The SMILES string of the molecule is COCC(N)c1noc(COc2ccc(Cl)cc2)n1. The van der Waals surface area contributed by atoms with Gasteiger partial charge in [0.25, 0.3) is 5.89 Å². The van der Waals surface area contributed by atoms with E-state index in [2.05, 4.69) is 10.1 Å². The highest BCUT2D eigenvalue weighted by Crippen LogP contribution is 2.16. The number of methoxy groups -OCH3 is 1. The zero-order valence-corrected chi connectivity index (χ0v) is 11.1. The third-order valence-corrected chi connectivity index (χ3v) is 2.59. The van der Waals surface area contributed by atoms with Crippen LogP contribution in [0.25, 0.3) is 0 Å². The molecule has 1 aromatic heterocycles. The van der Waals surface area contributed by atoms with Crippen LogP contribution in [0, 0.1) is 0 Å². The first-order valence-electron chi connectivity index (χ1n) is 5.64. The first kappa shape index (κ1) is 13.8. The minimum Gasteiger partial charge on any atom is -0.484 e. The van der Waals surface area contributed by atoms with Gasteiger partial charge in [-0.25, -0.2) is 0 Å². The fraction of sp³-hybridized carbons (Fsp3) is 0.333. The molecule has 1 unspecified atom stereocenters. The Morgan fingerprint density at radius 2 is 2.11 bits per heavy atom. The predicted octanol–water partition coefficient (Wildman–Crippen LogP) is 1.95. The molecule has 7 heteroatoms. The van der Waals surface area contributed by atoms with E-state index in [1.807, 2.05) is 0 Å². The minimum atomic E-state index is -0.405. The molecule has 0 saturated heterocycles. The Hall–Kier alpha value is -1.63. The first-order valence-corrected chi connectivity index (χ1v) is 6.02. The molecule has 0 aliphatic carbocycles. The van der Waals surface area contributed by atoms with E-state index in [1.54, 1.807) is 31.4 Å². The van der Waals surface area contributed by atoms with Gasteiger partial charge in [-0.1, -0.05) is 16.8 Å². The molecular weight excluding hydrogens is 270 g/mol. The first-order chi connectivity index (χ1) is 9.19. The van der Waals surface area contributed by atoms with E-state index in [-0.39, 0.29) is 6.61 Å². The summed E-state index contributed by atoms with van der Waals surface area (Å²) in [5.41, 5.74) is 5.78. The topological polar surface area (TPSA) is 83.4 Å². The molecule has 1 aromatic carbocycles. The summed E-state index contributed by atoms with van der Waals surface area (Å²) in [5.74, 6) is 1.43. The Bertz CT molecular complexity index is 515. The number of rotatable bonds is 6. The summed E-state index contributed by atoms with van der Waals surface area (Å²) in [5, 5.41) is 4.42. The van der Waals surface area contributed by atoms with Gasteiger partial charge < -0.3 is 19.7 Å². The quantitative estimate of drug-likeness (QED) is 0.872. The summed E-state index contributed by atoms with van der Waals surface area (Å²) < 4.78 is 15.4. The van der Waals surface area contributed by atoms with Crippen LogP contribution in [0.2, 0.25) is 5.02 Å². The molecule has 2 N–H and O–H groups in total. The van der Waals surface area contributed by atoms with Crippen molar-refractivity contribution in [3.63, 3.8) is 0 Å². The van der Waals surface area contributed by atoms with Gasteiger partial charge in [-0.05, 0) is 24.3 Å². The molecule has 19 heavy (non-hydrogen) atoms. The number of hydrogen-bond donors (Lipinski definition) is 1. The van der Waals surface area contributed by atoms with Gasteiger partial charge in [0.15, 0.2) is 12.4 Å². The van der Waals surface area contributed by atoms with Crippen LogP contribution in [-0.2, 0) is 11.3 Å². The molecule has 2 aromatic rings. The smallest absolute Gasteiger partial charge is 0.264 e. The Morgan fingerprint density at radius 3 is 2.79 bits per heavy atom. The summed E-state index contributed by atoms with van der Waals surface area (Å²) in [4.78, 5) is 4.13. The maximum atomic E-state index is 5.78. The van der Waals surface area contributed by atoms with E-state index in [0.717, 1.165) is 0 Å². The molecule has 0 radical (unpaired) electrons. The van der Waals surface area contributed by atoms with E-state index in [9.17, 15) is 0 Å². The lowest BCUT2D eigenvalue weighted by atomic mass is 10.3. The molecule has 0 fully saturated rings. The van der Waals surface area contributed by atoms with Crippen molar-refractivity contribution >= 4 is 11.6 Å². The predicted molar refractivity (Wildman–Crippen MR) is 68.9 cm³/mol. The summed E-state index contributed by atoms with van der Waals surface area (Å²) in [6.07, 6.45) is 0. The maximum Gasteiger partial charge on any atom is 0.264 e. The van der Waals surface area contributed by atoms with Crippen LogP contribution in [0.15, 0.2) is 28.8 Å². The van der Waals surface area contributed by atoms with E-state index in [4.69, 9.17) is 31.3 Å². The van der Waals surface area contributed by atoms with Crippen LogP contribution in [0.3, 0.4) is 0 Å². The maximum absolute atomic E-state index is 5.78. The average molecular weight is 284 g/mol. The van der Waals surface area contributed by atoms with E-state index in [1.165, 1.54) is 0 Å². The molecule has 0 saturated carbocycles. The molecule has 0 bridgehead atoms. The summed E-state index contributed by atoms with van der Waals surface area (Å²) >= 11 is 5.77. The van der Waals surface area contributed by atoms with Gasteiger partial charge >= 0.3 is 0 Å². The van der Waals surface area contributed by atoms with E-state index in [0.29, 0.717) is 29.1 Å². The van der Waals surface area contributed by atoms with Gasteiger partial charge in [-0.3, -0.25) is 0 Å². The molecule has 0 aliphatic heterocycles. The Kier molecular flexibility index (Phi) is 4.73. The Balaban J connectivity index is 1.91. The van der Waals surface area contributed by atoms with E-state index >= 15 is 0 Å². The molecular formula is C12H14ClN3O3. The van der Waals surface area contributed by atoms with Crippen LogP contribution in [-0.4, -0.2) is 23.9 Å². The van der Waals surface area contributed by atoms with Crippen molar-refractivity contribution in [3.8, 4) is 5.75 Å². The van der Waals surface area contributed by atoms with Crippen molar-refractivity contribution in [3.05, 3.63) is 41.0 Å². The summed E-state index contributed by atoms with van der Waals surface area (Å²) in [6, 6.07) is 6.60. The van der Waals surface area contributed by atoms with Gasteiger partial charge in [0.2, 0.25) is 0 Å². The Labute approximate surface area is 115 Å². The highest BCUT2D eigenvalue weighted by Gasteiger charge is 2.14. The molecule has 0 aliphatic rings. The lowest BCUT2D eigenvalue weighted by Gasteiger charge is -2.03. The molecule has 2 rings (SSSR count). The molecule has 102 valence electrons. The van der Waals surface area contributed by atoms with Crippen molar-refractivity contribution in [2.24, 2.45) is 5.73 Å². The highest BCUT2D eigenvalue weighted by atomic mass is 35.5. The Morgan fingerprint density at radius 1 is 1.37 bits per heavy atom.